The molecule has 0 saturated heterocycles. The molecule has 11 aromatic carbocycles. The van der Waals surface area contributed by atoms with Gasteiger partial charge in [-0.15, -0.1) is 0 Å². The Kier molecular flexibility index (Phi) is 8.47. The smallest absolute Gasteiger partial charge is 0.0713 e. The average Bonchev–Trinajstić information content (AvgIpc) is 3.65. The topological polar surface area (TPSA) is 3.24 Å². The minimum Gasteiger partial charge on any atom is -0.310 e. The lowest BCUT2D eigenvalue weighted by atomic mass is 9.67. The Morgan fingerprint density at radius 2 is 0.677 bits per heavy atom. The molecule has 12 rings (SSSR count). The van der Waals surface area contributed by atoms with E-state index in [9.17, 15) is 0 Å². The van der Waals surface area contributed by atoms with Gasteiger partial charge in [0.05, 0.1) is 5.41 Å². The summed E-state index contributed by atoms with van der Waals surface area (Å²) in [4.78, 5) is 2.33. The molecule has 0 bridgehead atoms. The van der Waals surface area contributed by atoms with E-state index in [0.717, 1.165) is 17.1 Å². The predicted molar refractivity (Wildman–Crippen MR) is 262 cm³/mol. The molecule has 0 aliphatic heterocycles. The summed E-state index contributed by atoms with van der Waals surface area (Å²) in [5.74, 6) is 0. The Morgan fingerprint density at radius 3 is 1.23 bits per heavy atom. The van der Waals surface area contributed by atoms with Crippen LogP contribution in [0.15, 0.2) is 249 Å². The van der Waals surface area contributed by atoms with Crippen LogP contribution in [-0.2, 0) is 5.41 Å². The first-order chi connectivity index (χ1) is 30.8. The van der Waals surface area contributed by atoms with E-state index in [1.54, 1.807) is 0 Å². The van der Waals surface area contributed by atoms with Crippen LogP contribution in [0.2, 0.25) is 0 Å². The van der Waals surface area contributed by atoms with Crippen LogP contribution in [0, 0.1) is 0 Å². The van der Waals surface area contributed by atoms with Gasteiger partial charge in [-0.3, -0.25) is 0 Å². The van der Waals surface area contributed by atoms with Crippen LogP contribution in [0.25, 0.3) is 65.7 Å². The highest BCUT2D eigenvalue weighted by Gasteiger charge is 2.45. The number of nitrogens with zero attached hydrogens (tertiary/aromatic N) is 1. The van der Waals surface area contributed by atoms with Crippen molar-refractivity contribution in [1.29, 1.82) is 0 Å². The first-order valence-corrected chi connectivity index (χ1v) is 21.5. The summed E-state index contributed by atoms with van der Waals surface area (Å²) < 4.78 is 0. The second kappa shape index (κ2) is 14.6. The van der Waals surface area contributed by atoms with E-state index in [1.165, 1.54) is 88.0 Å². The third kappa shape index (κ3) is 5.56. The highest BCUT2D eigenvalue weighted by molar-refractivity contribution is 6.21. The number of benzene rings is 11. The number of para-hydroxylation sites is 2. The number of hydrogen-bond donors (Lipinski definition) is 0. The summed E-state index contributed by atoms with van der Waals surface area (Å²) in [6.45, 7) is 0. The van der Waals surface area contributed by atoms with Crippen LogP contribution < -0.4 is 4.90 Å². The molecule has 1 aliphatic carbocycles. The van der Waals surface area contributed by atoms with Gasteiger partial charge in [0, 0.05) is 17.1 Å². The van der Waals surface area contributed by atoms with Crippen molar-refractivity contribution in [2.75, 3.05) is 4.90 Å². The summed E-state index contributed by atoms with van der Waals surface area (Å²) >= 11 is 0. The van der Waals surface area contributed by atoms with Gasteiger partial charge in [-0.2, -0.15) is 0 Å². The minimum absolute atomic E-state index is 0.431. The first-order valence-electron chi connectivity index (χ1n) is 21.5. The average molecular weight is 788 g/mol. The van der Waals surface area contributed by atoms with E-state index in [2.05, 4.69) is 254 Å². The molecule has 1 nitrogen and oxygen atoms in total. The maximum Gasteiger partial charge on any atom is 0.0713 e. The molecule has 1 aliphatic rings. The second-order valence-corrected chi connectivity index (χ2v) is 16.4. The van der Waals surface area contributed by atoms with E-state index >= 15 is 0 Å². The normalized spacial score (nSPS) is 12.6. The molecule has 0 atom stereocenters. The molecule has 11 aromatic rings. The highest BCUT2D eigenvalue weighted by atomic mass is 15.1. The zero-order chi connectivity index (χ0) is 41.0. The van der Waals surface area contributed by atoms with Crippen LogP contribution in [-0.4, -0.2) is 0 Å². The molecule has 0 radical (unpaired) electrons. The number of fused-ring (bicyclic) bond motifs is 6. The summed E-state index contributed by atoms with van der Waals surface area (Å²) in [6.07, 6.45) is 0. The fourth-order valence-corrected chi connectivity index (χ4v) is 10.5. The third-order valence-electron chi connectivity index (χ3n) is 13.1. The molecule has 290 valence electrons. The lowest BCUT2D eigenvalue weighted by Gasteiger charge is -2.34. The van der Waals surface area contributed by atoms with E-state index in [0.29, 0.717) is 0 Å². The Hall–Kier alpha value is -8.00. The molecular formula is C61H41N. The molecule has 0 unspecified atom stereocenters. The third-order valence-corrected chi connectivity index (χ3v) is 13.1. The van der Waals surface area contributed by atoms with Crippen molar-refractivity contribution < 1.29 is 0 Å². The Labute approximate surface area is 362 Å². The zero-order valence-corrected chi connectivity index (χ0v) is 34.1. The zero-order valence-electron chi connectivity index (χ0n) is 34.1. The molecule has 0 aromatic heterocycles. The monoisotopic (exact) mass is 787 g/mol. The molecule has 0 heterocycles. The van der Waals surface area contributed by atoms with Gasteiger partial charge < -0.3 is 4.90 Å². The van der Waals surface area contributed by atoms with E-state index in [1.807, 2.05) is 0 Å². The van der Waals surface area contributed by atoms with Crippen molar-refractivity contribution in [2.45, 2.75) is 5.41 Å². The second-order valence-electron chi connectivity index (χ2n) is 16.4. The summed E-state index contributed by atoms with van der Waals surface area (Å²) in [5.41, 5.74) is 15.7. The number of rotatable bonds is 7. The predicted octanol–water partition coefficient (Wildman–Crippen LogP) is 16.3. The van der Waals surface area contributed by atoms with Gasteiger partial charge in [-0.1, -0.05) is 206 Å². The Morgan fingerprint density at radius 1 is 0.274 bits per heavy atom. The quantitative estimate of drug-likeness (QED) is 0.145. The summed E-state index contributed by atoms with van der Waals surface area (Å²) in [7, 11) is 0. The van der Waals surface area contributed by atoms with Crippen molar-refractivity contribution >= 4 is 49.4 Å². The Balaban J connectivity index is 0.999. The van der Waals surface area contributed by atoms with Crippen LogP contribution in [0.5, 0.6) is 0 Å². The van der Waals surface area contributed by atoms with Gasteiger partial charge in [0.1, 0.15) is 0 Å². The van der Waals surface area contributed by atoms with Gasteiger partial charge >= 0.3 is 0 Å². The fraction of sp³-hybridized carbons (Fsp3) is 0.0164. The van der Waals surface area contributed by atoms with Gasteiger partial charge in [-0.25, -0.2) is 0 Å². The fourth-order valence-electron chi connectivity index (χ4n) is 10.5. The number of anilines is 3. The van der Waals surface area contributed by atoms with Gasteiger partial charge in [-0.05, 0) is 130 Å². The Bertz CT molecular complexity index is 3300. The largest absolute Gasteiger partial charge is 0.310 e. The highest BCUT2D eigenvalue weighted by Crippen LogP contribution is 2.56. The molecule has 0 saturated carbocycles. The molecule has 0 fully saturated rings. The van der Waals surface area contributed by atoms with E-state index < -0.39 is 5.41 Å². The van der Waals surface area contributed by atoms with Crippen LogP contribution in [0.1, 0.15) is 22.3 Å². The van der Waals surface area contributed by atoms with Crippen molar-refractivity contribution in [3.05, 3.63) is 271 Å². The first kappa shape index (κ1) is 35.9. The molecular weight excluding hydrogens is 747 g/mol. The van der Waals surface area contributed by atoms with Crippen molar-refractivity contribution in [3.8, 4) is 33.4 Å². The van der Waals surface area contributed by atoms with E-state index in [4.69, 9.17) is 0 Å². The standard InChI is InChI=1S/C61H41N/c1-4-18-46(19-5-1)61(57-30-16-14-24-51(57)52-25-15-17-31-58(52)61)47-37-34-42(35-38-47)59-53-26-10-12-28-55(53)60(56-29-13-11-27-54(56)59)45-33-32-44-41-50(39-36-43(44)40-45)62(48-20-6-2-7-21-48)49-22-8-3-9-23-49/h1-41H. The molecule has 0 spiro atoms. The molecule has 62 heavy (non-hydrogen) atoms. The molecule has 0 N–H and O–H groups in total. The van der Waals surface area contributed by atoms with Crippen LogP contribution in [0.4, 0.5) is 17.1 Å². The minimum atomic E-state index is -0.431. The van der Waals surface area contributed by atoms with Gasteiger partial charge in [0.25, 0.3) is 0 Å². The molecule has 0 amide bonds. The van der Waals surface area contributed by atoms with E-state index in [-0.39, 0.29) is 0 Å². The summed E-state index contributed by atoms with van der Waals surface area (Å²) in [5, 5.41) is 7.41. The van der Waals surface area contributed by atoms with Gasteiger partial charge in [0.15, 0.2) is 0 Å². The van der Waals surface area contributed by atoms with Gasteiger partial charge in [0.2, 0.25) is 0 Å². The maximum absolute atomic E-state index is 2.38. The lowest BCUT2D eigenvalue weighted by molar-refractivity contribution is 0.768. The van der Waals surface area contributed by atoms with Crippen molar-refractivity contribution in [3.63, 3.8) is 0 Å². The van der Waals surface area contributed by atoms with Crippen LogP contribution in [0.3, 0.4) is 0 Å². The summed E-state index contributed by atoms with van der Waals surface area (Å²) in [6, 6.07) is 91.4. The molecule has 1 heteroatoms. The van der Waals surface area contributed by atoms with Crippen molar-refractivity contribution in [1.82, 2.24) is 0 Å². The SMILES string of the molecule is c1ccc(N(c2ccccc2)c2ccc3cc(-c4c5ccccc5c(-c5ccc(C6(c7ccccc7)c7ccccc7-c7ccccc76)cc5)c5ccccc45)ccc3c2)cc1. The number of hydrogen-bond acceptors (Lipinski definition) is 1. The van der Waals surface area contributed by atoms with Crippen molar-refractivity contribution in [2.24, 2.45) is 0 Å². The maximum atomic E-state index is 2.38. The lowest BCUT2D eigenvalue weighted by Crippen LogP contribution is -2.28. The van der Waals surface area contributed by atoms with Crippen LogP contribution >= 0.6 is 0 Å².